The van der Waals surface area contributed by atoms with Gasteiger partial charge in [0.2, 0.25) is 10.0 Å². The minimum atomic E-state index is -3.67. The summed E-state index contributed by atoms with van der Waals surface area (Å²) in [5.41, 5.74) is -0.729. The lowest BCUT2D eigenvalue weighted by atomic mass is 10.1. The summed E-state index contributed by atoms with van der Waals surface area (Å²) in [5.74, 6) is 0. The van der Waals surface area contributed by atoms with Crippen LogP contribution >= 0.6 is 11.3 Å². The Balaban J connectivity index is 2.21. The first-order chi connectivity index (χ1) is 7.28. The molecule has 6 nitrogen and oxygen atoms in total. The molecule has 0 aliphatic carbocycles. The molecule has 1 atom stereocenters. The summed E-state index contributed by atoms with van der Waals surface area (Å²) in [5, 5.41) is 15.4. The van der Waals surface area contributed by atoms with E-state index in [-0.39, 0.29) is 4.21 Å². The van der Waals surface area contributed by atoms with E-state index in [0.29, 0.717) is 24.6 Å². The summed E-state index contributed by atoms with van der Waals surface area (Å²) in [7, 11) is -3.67. The number of thiazole rings is 1. The molecule has 0 radical (unpaired) electrons. The van der Waals surface area contributed by atoms with E-state index in [1.807, 2.05) is 4.90 Å². The van der Waals surface area contributed by atoms with Crippen molar-refractivity contribution in [2.45, 2.75) is 23.2 Å². The Morgan fingerprint density at radius 2 is 2.38 bits per heavy atom. The van der Waals surface area contributed by atoms with Gasteiger partial charge in [0.15, 0.2) is 9.34 Å². The maximum Gasteiger partial charge on any atom is 0.249 e. The molecule has 1 aromatic rings. The molecule has 1 saturated heterocycles. The van der Waals surface area contributed by atoms with Gasteiger partial charge >= 0.3 is 0 Å². The van der Waals surface area contributed by atoms with E-state index in [9.17, 15) is 13.5 Å². The Morgan fingerprint density at radius 1 is 1.69 bits per heavy atom. The molecule has 2 heterocycles. The lowest BCUT2D eigenvalue weighted by Gasteiger charge is -2.17. The highest BCUT2D eigenvalue weighted by Gasteiger charge is 2.33. The third kappa shape index (κ3) is 2.34. The topological polar surface area (TPSA) is 96.5 Å². The molecule has 0 aromatic carbocycles. The second kappa shape index (κ2) is 3.66. The van der Waals surface area contributed by atoms with Gasteiger partial charge in [0.05, 0.1) is 11.8 Å². The lowest BCUT2D eigenvalue weighted by Crippen LogP contribution is -2.29. The number of hydrogen-bond acceptors (Lipinski definition) is 6. The Kier molecular flexibility index (Phi) is 2.69. The molecule has 16 heavy (non-hydrogen) atoms. The predicted octanol–water partition coefficient (Wildman–Crippen LogP) is -0.248. The maximum absolute atomic E-state index is 11.1. The monoisotopic (exact) mass is 263 g/mol. The molecular formula is C8H13N3O3S2. The van der Waals surface area contributed by atoms with Crippen LogP contribution in [-0.4, -0.2) is 37.2 Å². The van der Waals surface area contributed by atoms with Crippen LogP contribution in [-0.2, 0) is 10.0 Å². The fourth-order valence-corrected chi connectivity index (χ4v) is 3.20. The molecule has 0 spiro atoms. The van der Waals surface area contributed by atoms with Crippen LogP contribution in [0.25, 0.3) is 0 Å². The highest BCUT2D eigenvalue weighted by molar-refractivity contribution is 7.91. The van der Waals surface area contributed by atoms with E-state index >= 15 is 0 Å². The summed E-state index contributed by atoms with van der Waals surface area (Å²) >= 11 is 1.03. The fourth-order valence-electron chi connectivity index (χ4n) is 1.64. The van der Waals surface area contributed by atoms with Gasteiger partial charge in [0.25, 0.3) is 0 Å². The van der Waals surface area contributed by atoms with Crippen molar-refractivity contribution >= 4 is 26.5 Å². The smallest absolute Gasteiger partial charge is 0.249 e. The van der Waals surface area contributed by atoms with Crippen molar-refractivity contribution in [1.82, 2.24) is 4.98 Å². The third-order valence-electron chi connectivity index (χ3n) is 2.48. The minimum absolute atomic E-state index is 0.0500. The van der Waals surface area contributed by atoms with Gasteiger partial charge in [-0.05, 0) is 13.3 Å². The highest BCUT2D eigenvalue weighted by atomic mass is 32.2. The van der Waals surface area contributed by atoms with Gasteiger partial charge < -0.3 is 10.0 Å². The number of hydrogen-bond donors (Lipinski definition) is 2. The van der Waals surface area contributed by atoms with Gasteiger partial charge in [-0.2, -0.15) is 0 Å². The van der Waals surface area contributed by atoms with E-state index in [0.717, 1.165) is 11.3 Å². The minimum Gasteiger partial charge on any atom is -0.388 e. The zero-order valence-corrected chi connectivity index (χ0v) is 10.4. The highest BCUT2D eigenvalue weighted by Crippen LogP contribution is 2.30. The molecule has 0 amide bonds. The van der Waals surface area contributed by atoms with E-state index < -0.39 is 15.6 Å². The Hall–Kier alpha value is -0.700. The fraction of sp³-hybridized carbons (Fsp3) is 0.625. The van der Waals surface area contributed by atoms with E-state index in [1.54, 1.807) is 6.92 Å². The molecule has 8 heteroatoms. The number of aromatic nitrogens is 1. The van der Waals surface area contributed by atoms with Gasteiger partial charge in [-0.1, -0.05) is 11.3 Å². The van der Waals surface area contributed by atoms with Crippen LogP contribution in [0.15, 0.2) is 10.4 Å². The normalized spacial score (nSPS) is 26.3. The molecule has 1 aromatic heterocycles. The van der Waals surface area contributed by atoms with Crippen molar-refractivity contribution in [3.63, 3.8) is 0 Å². The Bertz CT molecular complexity index is 494. The largest absolute Gasteiger partial charge is 0.388 e. The van der Waals surface area contributed by atoms with Crippen molar-refractivity contribution in [2.24, 2.45) is 5.14 Å². The van der Waals surface area contributed by atoms with E-state index in [4.69, 9.17) is 5.14 Å². The molecule has 1 unspecified atom stereocenters. The number of aliphatic hydroxyl groups is 1. The number of rotatable bonds is 2. The Labute approximate surface area is 97.8 Å². The quantitative estimate of drug-likeness (QED) is 0.767. The van der Waals surface area contributed by atoms with Crippen LogP contribution in [0.2, 0.25) is 0 Å². The maximum atomic E-state index is 11.1. The predicted molar refractivity (Wildman–Crippen MR) is 60.9 cm³/mol. The van der Waals surface area contributed by atoms with Gasteiger partial charge in [-0.25, -0.2) is 18.5 Å². The molecule has 0 saturated carbocycles. The van der Waals surface area contributed by atoms with Gasteiger partial charge in [-0.15, -0.1) is 0 Å². The van der Waals surface area contributed by atoms with E-state index in [1.165, 1.54) is 6.20 Å². The standard InChI is InChI=1S/C8H13N3O3S2/c1-8(12)2-3-11(5-8)7-10-4-6(15-7)16(9,13)14/h4,12H,2-3,5H2,1H3,(H2,9,13,14). The molecule has 1 aliphatic heterocycles. The average molecular weight is 263 g/mol. The molecule has 2 rings (SSSR count). The Morgan fingerprint density at radius 3 is 2.81 bits per heavy atom. The van der Waals surface area contributed by atoms with E-state index in [2.05, 4.69) is 4.98 Å². The van der Waals surface area contributed by atoms with Crippen LogP contribution in [0.1, 0.15) is 13.3 Å². The zero-order chi connectivity index (χ0) is 12.0. The molecule has 1 fully saturated rings. The first-order valence-electron chi connectivity index (χ1n) is 4.74. The SMILES string of the molecule is CC1(O)CCN(c2ncc(S(N)(=O)=O)s2)C1. The first-order valence-corrected chi connectivity index (χ1v) is 7.10. The van der Waals surface area contributed by atoms with Crippen molar-refractivity contribution in [1.29, 1.82) is 0 Å². The van der Waals surface area contributed by atoms with Gasteiger partial charge in [-0.3, -0.25) is 0 Å². The summed E-state index contributed by atoms with van der Waals surface area (Å²) in [6.45, 7) is 2.89. The number of sulfonamides is 1. The van der Waals surface area contributed by atoms with Crippen molar-refractivity contribution in [3.05, 3.63) is 6.20 Å². The van der Waals surface area contributed by atoms with Crippen molar-refractivity contribution < 1.29 is 13.5 Å². The number of nitrogens with two attached hydrogens (primary N) is 1. The zero-order valence-electron chi connectivity index (χ0n) is 8.75. The number of primary sulfonamides is 1. The summed E-state index contributed by atoms with van der Waals surface area (Å²) in [6.07, 6.45) is 1.90. The van der Waals surface area contributed by atoms with Crippen LogP contribution in [0.5, 0.6) is 0 Å². The molecule has 3 N–H and O–H groups in total. The summed E-state index contributed by atoms with van der Waals surface area (Å²) in [4.78, 5) is 5.86. The van der Waals surface area contributed by atoms with Crippen LogP contribution in [0.3, 0.4) is 0 Å². The summed E-state index contributed by atoms with van der Waals surface area (Å²) in [6, 6.07) is 0. The third-order valence-corrected chi connectivity index (χ3v) is 4.94. The molecule has 1 aliphatic rings. The first kappa shape index (κ1) is 11.8. The molecule has 90 valence electrons. The number of β-amino-alcohol motifs (C(OH)–C–C–N with tert-alkyl or cyclic N) is 1. The average Bonchev–Trinajstić information content (AvgIpc) is 2.68. The molecule has 0 bridgehead atoms. The number of nitrogens with zero attached hydrogens (tertiary/aromatic N) is 2. The lowest BCUT2D eigenvalue weighted by molar-refractivity contribution is 0.0839. The van der Waals surface area contributed by atoms with Crippen LogP contribution in [0, 0.1) is 0 Å². The van der Waals surface area contributed by atoms with Gasteiger partial charge in [0, 0.05) is 13.1 Å². The van der Waals surface area contributed by atoms with Crippen molar-refractivity contribution in [2.75, 3.05) is 18.0 Å². The number of anilines is 1. The molecular weight excluding hydrogens is 250 g/mol. The summed E-state index contributed by atoms with van der Waals surface area (Å²) < 4.78 is 22.2. The van der Waals surface area contributed by atoms with Gasteiger partial charge in [0.1, 0.15) is 0 Å². The second-order valence-corrected chi connectivity index (χ2v) is 6.97. The van der Waals surface area contributed by atoms with Crippen LogP contribution < -0.4 is 10.0 Å². The van der Waals surface area contributed by atoms with Crippen LogP contribution in [0.4, 0.5) is 5.13 Å². The van der Waals surface area contributed by atoms with Crippen molar-refractivity contribution in [3.8, 4) is 0 Å². The second-order valence-electron chi connectivity index (χ2n) is 4.18.